The van der Waals surface area contributed by atoms with Crippen LogP contribution in [0.5, 0.6) is 0 Å². The molecule has 0 aromatic carbocycles. The maximum Gasteiger partial charge on any atom is 0.273 e. The molecule has 0 unspecified atom stereocenters. The summed E-state index contributed by atoms with van der Waals surface area (Å²) in [5.41, 5.74) is 2.09. The predicted molar refractivity (Wildman–Crippen MR) is 68.9 cm³/mol. The lowest BCUT2D eigenvalue weighted by Gasteiger charge is -2.21. The average molecular weight is 281 g/mol. The lowest BCUT2D eigenvalue weighted by Crippen LogP contribution is -2.37. The highest BCUT2D eigenvalue weighted by molar-refractivity contribution is 7.07. The van der Waals surface area contributed by atoms with Crippen LogP contribution in [0.25, 0.3) is 0 Å². The Balaban J connectivity index is 1.83. The number of carbonyl (C=O) groups excluding carboxylic acids is 2. The summed E-state index contributed by atoms with van der Waals surface area (Å²) in [6.45, 7) is 1.01. The van der Waals surface area contributed by atoms with Crippen LogP contribution >= 0.6 is 11.3 Å². The van der Waals surface area contributed by atoms with Gasteiger partial charge in [0.25, 0.3) is 5.91 Å². The summed E-state index contributed by atoms with van der Waals surface area (Å²) < 4.78 is 5.64. The lowest BCUT2D eigenvalue weighted by molar-refractivity contribution is -0.127. The number of likely N-dealkylation sites (tertiary alicyclic amines) is 1. The maximum absolute atomic E-state index is 12.4. The van der Waals surface area contributed by atoms with E-state index in [9.17, 15) is 9.59 Å². The van der Waals surface area contributed by atoms with Crippen molar-refractivity contribution in [3.8, 4) is 0 Å². The number of rotatable bonds is 2. The second-order valence-electron chi connectivity index (χ2n) is 4.74. The molecule has 2 saturated heterocycles. The number of nitrogens with zero attached hydrogens (tertiary/aromatic N) is 2. The zero-order chi connectivity index (χ0) is 13.4. The molecule has 0 spiro atoms. The average Bonchev–Trinajstić information content (AvgIpc) is 3.12. The predicted octanol–water partition coefficient (Wildman–Crippen LogP) is 0.119. The maximum atomic E-state index is 12.4. The summed E-state index contributed by atoms with van der Waals surface area (Å²) in [5.74, 6) is -0.446. The molecule has 0 aliphatic carbocycles. The first-order chi connectivity index (χ1) is 9.22. The fraction of sp³-hybridized carbons (Fsp3) is 0.583. The number of ether oxygens (including phenoxy) is 1. The van der Waals surface area contributed by atoms with E-state index in [1.54, 1.807) is 22.8 Å². The first-order valence-electron chi connectivity index (χ1n) is 6.24. The molecule has 0 radical (unpaired) electrons. The van der Waals surface area contributed by atoms with Crippen molar-refractivity contribution in [3.05, 3.63) is 16.6 Å². The summed E-state index contributed by atoms with van der Waals surface area (Å²) >= 11 is 1.39. The summed E-state index contributed by atoms with van der Waals surface area (Å²) in [6, 6.07) is -0.00324. The van der Waals surface area contributed by atoms with Gasteiger partial charge in [0.05, 0.1) is 23.6 Å². The quantitative estimate of drug-likeness (QED) is 0.836. The van der Waals surface area contributed by atoms with Crippen molar-refractivity contribution >= 4 is 23.2 Å². The summed E-state index contributed by atoms with van der Waals surface area (Å²) in [6.07, 6.45) is 0.608. The van der Waals surface area contributed by atoms with E-state index in [0.717, 1.165) is 6.42 Å². The highest BCUT2D eigenvalue weighted by atomic mass is 32.1. The summed E-state index contributed by atoms with van der Waals surface area (Å²) in [7, 11) is 1.61. The van der Waals surface area contributed by atoms with Gasteiger partial charge in [0.1, 0.15) is 5.69 Å². The van der Waals surface area contributed by atoms with Crippen molar-refractivity contribution in [2.24, 2.45) is 5.92 Å². The van der Waals surface area contributed by atoms with Crippen LogP contribution in [-0.4, -0.2) is 54.0 Å². The van der Waals surface area contributed by atoms with E-state index in [-0.39, 0.29) is 29.9 Å². The highest BCUT2D eigenvalue weighted by Crippen LogP contribution is 2.34. The number of aromatic nitrogens is 1. The van der Waals surface area contributed by atoms with Gasteiger partial charge in [-0.25, -0.2) is 4.98 Å². The number of fused-ring (bicyclic) bond motifs is 1. The Labute approximate surface area is 114 Å². The first-order valence-corrected chi connectivity index (χ1v) is 7.19. The van der Waals surface area contributed by atoms with Crippen LogP contribution in [0.2, 0.25) is 0 Å². The Morgan fingerprint density at radius 3 is 3.11 bits per heavy atom. The zero-order valence-corrected chi connectivity index (χ0v) is 11.4. The number of hydrogen-bond acceptors (Lipinski definition) is 5. The topological polar surface area (TPSA) is 71.5 Å². The smallest absolute Gasteiger partial charge is 0.273 e. The first kappa shape index (κ1) is 12.6. The summed E-state index contributed by atoms with van der Waals surface area (Å²) in [5, 5.41) is 4.38. The van der Waals surface area contributed by atoms with Gasteiger partial charge in [0.15, 0.2) is 0 Å². The molecule has 3 heterocycles. The molecule has 3 atom stereocenters. The molecule has 1 aromatic rings. The SMILES string of the molecule is CNC(=O)[C@H]1CN(C(=O)c2cscn2)[C@@H]2CCO[C@H]12. The molecule has 2 amide bonds. The van der Waals surface area contributed by atoms with E-state index in [1.807, 2.05) is 0 Å². The third kappa shape index (κ3) is 2.02. The van der Waals surface area contributed by atoms with E-state index in [2.05, 4.69) is 10.3 Å². The second kappa shape index (κ2) is 4.90. The largest absolute Gasteiger partial charge is 0.375 e. The van der Waals surface area contributed by atoms with Gasteiger partial charge < -0.3 is 15.0 Å². The molecule has 2 aliphatic heterocycles. The van der Waals surface area contributed by atoms with Crippen molar-refractivity contribution in [2.45, 2.75) is 18.6 Å². The van der Waals surface area contributed by atoms with Gasteiger partial charge in [-0.3, -0.25) is 9.59 Å². The van der Waals surface area contributed by atoms with Crippen molar-refractivity contribution in [3.63, 3.8) is 0 Å². The fourth-order valence-corrected chi connectivity index (χ4v) is 3.41. The molecule has 2 aliphatic rings. The highest BCUT2D eigenvalue weighted by Gasteiger charge is 2.50. The minimum Gasteiger partial charge on any atom is -0.375 e. The Morgan fingerprint density at radius 1 is 1.58 bits per heavy atom. The van der Waals surface area contributed by atoms with Gasteiger partial charge in [-0.15, -0.1) is 11.3 Å². The molecule has 0 saturated carbocycles. The molecular weight excluding hydrogens is 266 g/mol. The summed E-state index contributed by atoms with van der Waals surface area (Å²) in [4.78, 5) is 30.1. The molecule has 1 N–H and O–H groups in total. The molecule has 0 bridgehead atoms. The molecule has 6 nitrogen and oxygen atoms in total. The van der Waals surface area contributed by atoms with Crippen LogP contribution < -0.4 is 5.32 Å². The van der Waals surface area contributed by atoms with E-state index >= 15 is 0 Å². The number of hydrogen-bond donors (Lipinski definition) is 1. The minimum atomic E-state index is -0.278. The van der Waals surface area contributed by atoms with E-state index in [0.29, 0.717) is 18.8 Å². The van der Waals surface area contributed by atoms with Crippen LogP contribution in [0.1, 0.15) is 16.9 Å². The van der Waals surface area contributed by atoms with Crippen molar-refractivity contribution < 1.29 is 14.3 Å². The van der Waals surface area contributed by atoms with Crippen molar-refractivity contribution in [2.75, 3.05) is 20.2 Å². The standard InChI is InChI=1S/C12H15N3O3S/c1-13-11(16)7-4-15(9-2-3-18-10(7)9)12(17)8-5-19-6-14-8/h5-7,9-10H,2-4H2,1H3,(H,13,16)/t7-,9+,10+/m0/s1. The molecule has 3 rings (SSSR count). The van der Waals surface area contributed by atoms with Crippen LogP contribution in [0, 0.1) is 5.92 Å². The normalized spacial score (nSPS) is 29.3. The van der Waals surface area contributed by atoms with Gasteiger partial charge in [0, 0.05) is 25.6 Å². The third-order valence-electron chi connectivity index (χ3n) is 3.79. The molecule has 102 valence electrons. The molecule has 19 heavy (non-hydrogen) atoms. The fourth-order valence-electron chi connectivity index (χ4n) is 2.89. The van der Waals surface area contributed by atoms with Gasteiger partial charge in [-0.05, 0) is 6.42 Å². The number of carbonyl (C=O) groups is 2. The number of amides is 2. The van der Waals surface area contributed by atoms with Crippen LogP contribution in [0.3, 0.4) is 0 Å². The second-order valence-corrected chi connectivity index (χ2v) is 5.46. The van der Waals surface area contributed by atoms with Crippen LogP contribution in [0.4, 0.5) is 0 Å². The van der Waals surface area contributed by atoms with Crippen LogP contribution in [-0.2, 0) is 9.53 Å². The van der Waals surface area contributed by atoms with E-state index in [4.69, 9.17) is 4.74 Å². The lowest BCUT2D eigenvalue weighted by atomic mass is 10.0. The van der Waals surface area contributed by atoms with Gasteiger partial charge in [0.2, 0.25) is 5.91 Å². The Hall–Kier alpha value is -1.47. The van der Waals surface area contributed by atoms with Gasteiger partial charge in [-0.1, -0.05) is 0 Å². The van der Waals surface area contributed by atoms with Gasteiger partial charge >= 0.3 is 0 Å². The van der Waals surface area contributed by atoms with Gasteiger partial charge in [-0.2, -0.15) is 0 Å². The monoisotopic (exact) mass is 281 g/mol. The Bertz CT molecular complexity index is 490. The third-order valence-corrected chi connectivity index (χ3v) is 4.38. The van der Waals surface area contributed by atoms with E-state index in [1.165, 1.54) is 11.3 Å². The molecule has 1 aromatic heterocycles. The number of thiazole rings is 1. The minimum absolute atomic E-state index is 0.00324. The van der Waals surface area contributed by atoms with Crippen molar-refractivity contribution in [1.29, 1.82) is 0 Å². The Kier molecular flexibility index (Phi) is 3.24. The van der Waals surface area contributed by atoms with E-state index < -0.39 is 0 Å². The number of nitrogens with one attached hydrogen (secondary N) is 1. The molecular formula is C12H15N3O3S. The van der Waals surface area contributed by atoms with Crippen molar-refractivity contribution in [1.82, 2.24) is 15.2 Å². The Morgan fingerprint density at radius 2 is 2.42 bits per heavy atom. The molecule has 7 heteroatoms. The zero-order valence-electron chi connectivity index (χ0n) is 10.5. The molecule has 2 fully saturated rings. The van der Waals surface area contributed by atoms with Crippen LogP contribution in [0.15, 0.2) is 10.9 Å².